The number of hydrogen-bond donors (Lipinski definition) is 0. The highest BCUT2D eigenvalue weighted by Crippen LogP contribution is 2.03. The molecule has 0 aromatic rings. The van der Waals surface area contributed by atoms with E-state index in [-0.39, 0.29) is 5.78 Å². The molecule has 0 N–H and O–H groups in total. The van der Waals surface area contributed by atoms with Crippen molar-refractivity contribution in [3.05, 3.63) is 12.2 Å². The Morgan fingerprint density at radius 3 is 2.75 bits per heavy atom. The van der Waals surface area contributed by atoms with Crippen LogP contribution in [0.2, 0.25) is 0 Å². The van der Waals surface area contributed by atoms with Crippen molar-refractivity contribution in [2.75, 3.05) is 0 Å². The number of carbonyl (C=O) groups is 1. The first-order chi connectivity index (χ1) is 3.79. The van der Waals surface area contributed by atoms with E-state index in [1.165, 1.54) is 0 Å². The third-order valence-electron chi connectivity index (χ3n) is 1.02. The van der Waals surface area contributed by atoms with Crippen LogP contribution >= 0.6 is 12.2 Å². The molecule has 0 radical (unpaired) electrons. The van der Waals surface area contributed by atoms with E-state index in [0.29, 0.717) is 6.42 Å². The Bertz CT molecular complexity index is 158. The van der Waals surface area contributed by atoms with Crippen LogP contribution in [0.15, 0.2) is 12.2 Å². The van der Waals surface area contributed by atoms with Crippen LogP contribution in [0.4, 0.5) is 0 Å². The highest BCUT2D eigenvalue weighted by molar-refractivity contribution is 7.80. The van der Waals surface area contributed by atoms with Crippen molar-refractivity contribution in [3.8, 4) is 0 Å². The minimum atomic E-state index is 0.140. The Balaban J connectivity index is 2.68. The molecule has 0 aliphatic heterocycles. The summed E-state index contributed by atoms with van der Waals surface area (Å²) in [6.07, 6.45) is 4.69. The largest absolute Gasteiger partial charge is 0.294 e. The van der Waals surface area contributed by atoms with Gasteiger partial charge in [-0.15, -0.1) is 0 Å². The van der Waals surface area contributed by atoms with Gasteiger partial charge in [0.25, 0.3) is 0 Å². The van der Waals surface area contributed by atoms with Gasteiger partial charge in [-0.25, -0.2) is 0 Å². The average molecular weight is 126 g/mol. The van der Waals surface area contributed by atoms with Crippen molar-refractivity contribution in [2.45, 2.75) is 12.8 Å². The fourth-order valence-corrected chi connectivity index (χ4v) is 0.886. The second kappa shape index (κ2) is 2.18. The van der Waals surface area contributed by atoms with Gasteiger partial charge in [0.05, 0.1) is 0 Å². The molecule has 1 aliphatic carbocycles. The quantitative estimate of drug-likeness (QED) is 0.455. The summed E-state index contributed by atoms with van der Waals surface area (Å²) in [6, 6.07) is 0. The maximum atomic E-state index is 10.5. The van der Waals surface area contributed by atoms with Crippen molar-refractivity contribution in [2.24, 2.45) is 0 Å². The molecule has 2 heteroatoms. The van der Waals surface area contributed by atoms with Crippen LogP contribution in [0.25, 0.3) is 0 Å². The number of allylic oxidation sites excluding steroid dienone is 2. The number of ketones is 1. The molecule has 1 nitrogen and oxygen atoms in total. The summed E-state index contributed by atoms with van der Waals surface area (Å²) in [5.41, 5.74) is 0. The maximum absolute atomic E-state index is 10.5. The third kappa shape index (κ3) is 1.23. The van der Waals surface area contributed by atoms with Crippen LogP contribution in [0.3, 0.4) is 0 Å². The number of thiocarbonyl (C=S) groups is 1. The Kier molecular flexibility index (Phi) is 1.53. The molecule has 0 heterocycles. The minimum absolute atomic E-state index is 0.140. The van der Waals surface area contributed by atoms with Crippen LogP contribution < -0.4 is 0 Å². The van der Waals surface area contributed by atoms with Gasteiger partial charge >= 0.3 is 0 Å². The van der Waals surface area contributed by atoms with Crippen molar-refractivity contribution >= 4 is 22.9 Å². The Morgan fingerprint density at radius 2 is 2.38 bits per heavy atom. The number of rotatable bonds is 0. The Labute approximate surface area is 53.4 Å². The van der Waals surface area contributed by atoms with E-state index < -0.39 is 0 Å². The maximum Gasteiger partial charge on any atom is 0.160 e. The van der Waals surface area contributed by atoms with Gasteiger partial charge in [0.2, 0.25) is 0 Å². The molecule has 1 rings (SSSR count). The molecule has 0 saturated carbocycles. The van der Waals surface area contributed by atoms with Crippen LogP contribution in [0, 0.1) is 0 Å². The average Bonchev–Trinajstić information content (AvgIpc) is 1.64. The van der Waals surface area contributed by atoms with Gasteiger partial charge in [0.15, 0.2) is 5.78 Å². The topological polar surface area (TPSA) is 17.1 Å². The fraction of sp³-hybridized carbons (Fsp3) is 0.333. The molecule has 0 atom stereocenters. The van der Waals surface area contributed by atoms with Crippen LogP contribution in [0.5, 0.6) is 0 Å². The molecule has 0 spiro atoms. The van der Waals surface area contributed by atoms with Crippen molar-refractivity contribution < 1.29 is 4.79 Å². The van der Waals surface area contributed by atoms with Crippen LogP contribution in [-0.2, 0) is 4.79 Å². The zero-order chi connectivity index (χ0) is 5.98. The minimum Gasteiger partial charge on any atom is -0.294 e. The zero-order valence-corrected chi connectivity index (χ0v) is 5.20. The monoisotopic (exact) mass is 126 g/mol. The van der Waals surface area contributed by atoms with Crippen molar-refractivity contribution in [1.82, 2.24) is 0 Å². The van der Waals surface area contributed by atoms with Crippen LogP contribution in [0.1, 0.15) is 12.8 Å². The smallest absolute Gasteiger partial charge is 0.160 e. The molecule has 0 aromatic carbocycles. The van der Waals surface area contributed by atoms with Gasteiger partial charge in [-0.05, 0) is 12.5 Å². The number of hydrogen-bond acceptors (Lipinski definition) is 2. The lowest BCUT2D eigenvalue weighted by atomic mass is 10.1. The normalized spacial score (nSPS) is 19.5. The molecule has 0 bridgehead atoms. The SMILES string of the molecule is O=C1C=CCC(=S)C1. The molecule has 0 fully saturated rings. The molecule has 0 saturated heterocycles. The molecule has 0 amide bonds. The highest BCUT2D eigenvalue weighted by Gasteiger charge is 2.05. The van der Waals surface area contributed by atoms with E-state index in [0.717, 1.165) is 11.3 Å². The molecule has 0 aromatic heterocycles. The number of carbonyl (C=O) groups excluding carboxylic acids is 1. The van der Waals surface area contributed by atoms with Gasteiger partial charge < -0.3 is 0 Å². The fourth-order valence-electron chi connectivity index (χ4n) is 0.647. The molecule has 42 valence electrons. The third-order valence-corrected chi connectivity index (χ3v) is 1.33. The lowest BCUT2D eigenvalue weighted by Gasteiger charge is -2.00. The predicted molar refractivity (Wildman–Crippen MR) is 36.0 cm³/mol. The van der Waals surface area contributed by atoms with Gasteiger partial charge in [-0.3, -0.25) is 4.79 Å². The summed E-state index contributed by atoms with van der Waals surface area (Å²) < 4.78 is 0. The van der Waals surface area contributed by atoms with Crippen molar-refractivity contribution in [3.63, 3.8) is 0 Å². The standard InChI is InChI=1S/C6H6OS/c7-5-2-1-3-6(8)4-5/h1-2H,3-4H2. The van der Waals surface area contributed by atoms with E-state index in [4.69, 9.17) is 12.2 Å². The Hall–Kier alpha value is -0.500. The molecule has 0 unspecified atom stereocenters. The zero-order valence-electron chi connectivity index (χ0n) is 4.39. The van der Waals surface area contributed by atoms with E-state index in [1.54, 1.807) is 6.08 Å². The van der Waals surface area contributed by atoms with Crippen LogP contribution in [-0.4, -0.2) is 10.6 Å². The molecule has 1 aliphatic rings. The van der Waals surface area contributed by atoms with Crippen molar-refractivity contribution in [1.29, 1.82) is 0 Å². The Morgan fingerprint density at radius 1 is 1.62 bits per heavy atom. The van der Waals surface area contributed by atoms with E-state index >= 15 is 0 Å². The molecule has 8 heavy (non-hydrogen) atoms. The summed E-state index contributed by atoms with van der Waals surface area (Å²) in [5, 5.41) is 0. The summed E-state index contributed by atoms with van der Waals surface area (Å²) in [4.78, 5) is 11.4. The van der Waals surface area contributed by atoms with E-state index in [2.05, 4.69) is 0 Å². The van der Waals surface area contributed by atoms with E-state index in [1.807, 2.05) is 6.08 Å². The second-order valence-electron chi connectivity index (χ2n) is 1.79. The predicted octanol–water partition coefficient (Wildman–Crippen LogP) is 1.28. The van der Waals surface area contributed by atoms with Gasteiger partial charge in [-0.2, -0.15) is 0 Å². The summed E-state index contributed by atoms with van der Waals surface area (Å²) in [6.45, 7) is 0. The lowest BCUT2D eigenvalue weighted by Crippen LogP contribution is -2.06. The second-order valence-corrected chi connectivity index (χ2v) is 2.37. The molecular formula is C6H6OS. The summed E-state index contributed by atoms with van der Waals surface area (Å²) in [7, 11) is 0. The first-order valence-corrected chi connectivity index (χ1v) is 2.91. The summed E-state index contributed by atoms with van der Waals surface area (Å²) >= 11 is 4.81. The molecular weight excluding hydrogens is 120 g/mol. The first kappa shape index (κ1) is 5.63. The van der Waals surface area contributed by atoms with Gasteiger partial charge in [0, 0.05) is 11.3 Å². The van der Waals surface area contributed by atoms with Gasteiger partial charge in [0.1, 0.15) is 0 Å². The summed E-state index contributed by atoms with van der Waals surface area (Å²) in [5.74, 6) is 0.140. The highest BCUT2D eigenvalue weighted by atomic mass is 32.1. The first-order valence-electron chi connectivity index (χ1n) is 2.50. The van der Waals surface area contributed by atoms with E-state index in [9.17, 15) is 4.79 Å². The lowest BCUT2D eigenvalue weighted by molar-refractivity contribution is -0.113. The van der Waals surface area contributed by atoms with Gasteiger partial charge in [-0.1, -0.05) is 18.3 Å².